The molecule has 1 N–H and O–H groups in total. The monoisotopic (exact) mass is 307 g/mol. The van der Waals surface area contributed by atoms with Crippen molar-refractivity contribution in [2.75, 3.05) is 11.1 Å². The second-order valence-electron chi connectivity index (χ2n) is 4.54. The van der Waals surface area contributed by atoms with Gasteiger partial charge in [0.1, 0.15) is 11.6 Å². The Kier molecular flexibility index (Phi) is 5.33. The van der Waals surface area contributed by atoms with Crippen LogP contribution in [0.15, 0.2) is 48.5 Å². The van der Waals surface area contributed by atoms with Crippen LogP contribution in [0.2, 0.25) is 0 Å². The van der Waals surface area contributed by atoms with E-state index < -0.39 is 11.6 Å². The number of halogens is 2. The first-order valence-electron chi connectivity index (χ1n) is 6.47. The minimum absolute atomic E-state index is 0.132. The number of carbonyl (C=O) groups is 1. The first-order chi connectivity index (χ1) is 10.1. The maximum absolute atomic E-state index is 13.4. The zero-order valence-electron chi connectivity index (χ0n) is 11.5. The Bertz CT molecular complexity index is 619. The Morgan fingerprint density at radius 1 is 1.19 bits per heavy atom. The summed E-state index contributed by atoms with van der Waals surface area (Å²) in [6.07, 6.45) is 0. The van der Waals surface area contributed by atoms with Crippen molar-refractivity contribution in [1.29, 1.82) is 0 Å². The molecule has 1 atom stereocenters. The summed E-state index contributed by atoms with van der Waals surface area (Å²) in [5.74, 6) is -1.42. The van der Waals surface area contributed by atoms with E-state index in [0.29, 0.717) is 0 Å². The topological polar surface area (TPSA) is 29.1 Å². The van der Waals surface area contributed by atoms with Crippen molar-refractivity contribution in [2.24, 2.45) is 0 Å². The molecule has 21 heavy (non-hydrogen) atoms. The van der Waals surface area contributed by atoms with Crippen LogP contribution in [0.1, 0.15) is 17.7 Å². The number of thioether (sulfide) groups is 1. The molecule has 5 heteroatoms. The van der Waals surface area contributed by atoms with Crippen LogP contribution in [0, 0.1) is 11.6 Å². The van der Waals surface area contributed by atoms with Crippen molar-refractivity contribution >= 4 is 23.4 Å². The molecule has 2 aromatic carbocycles. The number of carbonyl (C=O) groups excluding carboxylic acids is 1. The molecule has 0 saturated heterocycles. The summed E-state index contributed by atoms with van der Waals surface area (Å²) in [4.78, 5) is 11.8. The minimum atomic E-state index is -0.647. The molecular weight excluding hydrogens is 292 g/mol. The Balaban J connectivity index is 1.89. The minimum Gasteiger partial charge on any atom is -0.323 e. The van der Waals surface area contributed by atoms with Crippen molar-refractivity contribution in [2.45, 2.75) is 12.2 Å². The van der Waals surface area contributed by atoms with Gasteiger partial charge in [0, 0.05) is 11.3 Å². The number of nitrogens with one attached hydrogen (secondary N) is 1. The van der Waals surface area contributed by atoms with Crippen LogP contribution in [0.3, 0.4) is 0 Å². The molecule has 110 valence electrons. The third kappa shape index (κ3) is 4.56. The Labute approximate surface area is 126 Å². The number of benzene rings is 2. The molecule has 2 aromatic rings. The van der Waals surface area contributed by atoms with E-state index in [1.54, 1.807) is 0 Å². The predicted molar refractivity (Wildman–Crippen MR) is 82.3 cm³/mol. The van der Waals surface area contributed by atoms with E-state index in [9.17, 15) is 13.6 Å². The summed E-state index contributed by atoms with van der Waals surface area (Å²) in [7, 11) is 0. The lowest BCUT2D eigenvalue weighted by Gasteiger charge is -2.12. The van der Waals surface area contributed by atoms with Gasteiger partial charge in [-0.15, -0.1) is 11.8 Å². The molecule has 0 aliphatic rings. The molecule has 0 spiro atoms. The molecule has 0 saturated carbocycles. The number of hydrogen-bond donors (Lipinski definition) is 1. The smallest absolute Gasteiger partial charge is 0.234 e. The molecule has 0 aliphatic carbocycles. The summed E-state index contributed by atoms with van der Waals surface area (Å²) < 4.78 is 26.4. The van der Waals surface area contributed by atoms with Gasteiger partial charge in [-0.05, 0) is 24.6 Å². The van der Waals surface area contributed by atoms with Gasteiger partial charge in [-0.2, -0.15) is 0 Å². The maximum atomic E-state index is 13.4. The van der Waals surface area contributed by atoms with Crippen LogP contribution in [0.25, 0.3) is 0 Å². The summed E-state index contributed by atoms with van der Waals surface area (Å²) in [5, 5.41) is 2.53. The normalized spacial score (nSPS) is 12.0. The standard InChI is InChI=1S/C16H15F2NOS/c1-11(12-5-3-2-4-6-12)21-10-16(20)19-15-9-13(17)7-8-14(15)18/h2-9,11H,10H2,1H3,(H,19,20)/t11-/m1/s1. The molecule has 1 amide bonds. The average molecular weight is 307 g/mol. The first-order valence-corrected chi connectivity index (χ1v) is 7.52. The fourth-order valence-corrected chi connectivity index (χ4v) is 2.62. The lowest BCUT2D eigenvalue weighted by atomic mass is 10.2. The zero-order valence-corrected chi connectivity index (χ0v) is 12.3. The SMILES string of the molecule is C[C@@H](SCC(=O)Nc1cc(F)ccc1F)c1ccccc1. The molecular formula is C16H15F2NOS. The van der Waals surface area contributed by atoms with Gasteiger partial charge >= 0.3 is 0 Å². The fraction of sp³-hybridized carbons (Fsp3) is 0.188. The molecule has 0 fully saturated rings. The lowest BCUT2D eigenvalue weighted by molar-refractivity contribution is -0.113. The summed E-state index contributed by atoms with van der Waals surface area (Å²) >= 11 is 1.44. The van der Waals surface area contributed by atoms with Gasteiger partial charge in [0.2, 0.25) is 5.91 Å². The Morgan fingerprint density at radius 2 is 1.90 bits per heavy atom. The van der Waals surface area contributed by atoms with Gasteiger partial charge in [0.15, 0.2) is 0 Å². The molecule has 0 aliphatic heterocycles. The van der Waals surface area contributed by atoms with Gasteiger partial charge < -0.3 is 5.32 Å². The van der Waals surface area contributed by atoms with Gasteiger partial charge in [-0.1, -0.05) is 30.3 Å². The van der Waals surface area contributed by atoms with E-state index in [2.05, 4.69) is 5.32 Å². The highest BCUT2D eigenvalue weighted by Gasteiger charge is 2.11. The number of hydrogen-bond acceptors (Lipinski definition) is 2. The lowest BCUT2D eigenvalue weighted by Crippen LogP contribution is -2.15. The van der Waals surface area contributed by atoms with Crippen molar-refractivity contribution in [3.63, 3.8) is 0 Å². The van der Waals surface area contributed by atoms with Crippen molar-refractivity contribution < 1.29 is 13.6 Å². The van der Waals surface area contributed by atoms with E-state index >= 15 is 0 Å². The predicted octanol–water partition coefficient (Wildman–Crippen LogP) is 4.40. The molecule has 0 unspecified atom stereocenters. The highest BCUT2D eigenvalue weighted by molar-refractivity contribution is 8.00. The average Bonchev–Trinajstić information content (AvgIpc) is 2.49. The quantitative estimate of drug-likeness (QED) is 0.887. The van der Waals surface area contributed by atoms with E-state index in [-0.39, 0.29) is 22.6 Å². The largest absolute Gasteiger partial charge is 0.323 e. The van der Waals surface area contributed by atoms with Gasteiger partial charge in [0.25, 0.3) is 0 Å². The molecule has 0 radical (unpaired) electrons. The third-order valence-corrected chi connectivity index (χ3v) is 4.14. The number of anilines is 1. The van der Waals surface area contributed by atoms with Crippen LogP contribution in [-0.4, -0.2) is 11.7 Å². The van der Waals surface area contributed by atoms with Gasteiger partial charge in [-0.3, -0.25) is 4.79 Å². The number of amides is 1. The second kappa shape index (κ2) is 7.22. The van der Waals surface area contributed by atoms with Crippen molar-refractivity contribution in [1.82, 2.24) is 0 Å². The van der Waals surface area contributed by atoms with E-state index in [4.69, 9.17) is 0 Å². The first kappa shape index (κ1) is 15.5. The summed E-state index contributed by atoms with van der Waals surface area (Å²) in [6, 6.07) is 12.8. The molecule has 2 rings (SSSR count). The molecule has 0 heterocycles. The van der Waals surface area contributed by atoms with E-state index in [0.717, 1.165) is 23.8 Å². The summed E-state index contributed by atoms with van der Waals surface area (Å²) in [5.41, 5.74) is 0.986. The van der Waals surface area contributed by atoms with Crippen molar-refractivity contribution in [3.8, 4) is 0 Å². The van der Waals surface area contributed by atoms with Crippen LogP contribution in [0.5, 0.6) is 0 Å². The fourth-order valence-electron chi connectivity index (χ4n) is 1.80. The Morgan fingerprint density at radius 3 is 2.62 bits per heavy atom. The second-order valence-corrected chi connectivity index (χ2v) is 5.87. The molecule has 0 bridgehead atoms. The summed E-state index contributed by atoms with van der Waals surface area (Å²) in [6.45, 7) is 2.00. The zero-order chi connectivity index (χ0) is 15.2. The van der Waals surface area contributed by atoms with Gasteiger partial charge in [0.05, 0.1) is 11.4 Å². The van der Waals surface area contributed by atoms with E-state index in [1.165, 1.54) is 11.8 Å². The van der Waals surface area contributed by atoms with Crippen molar-refractivity contribution in [3.05, 3.63) is 65.7 Å². The Hall–Kier alpha value is -1.88. The van der Waals surface area contributed by atoms with Crippen LogP contribution in [0.4, 0.5) is 14.5 Å². The highest BCUT2D eigenvalue weighted by atomic mass is 32.2. The van der Waals surface area contributed by atoms with Crippen LogP contribution in [-0.2, 0) is 4.79 Å². The molecule has 2 nitrogen and oxygen atoms in total. The number of rotatable bonds is 5. The third-order valence-electron chi connectivity index (χ3n) is 2.94. The van der Waals surface area contributed by atoms with Crippen LogP contribution >= 0.6 is 11.8 Å². The van der Waals surface area contributed by atoms with Gasteiger partial charge in [-0.25, -0.2) is 8.78 Å². The molecule has 0 aromatic heterocycles. The highest BCUT2D eigenvalue weighted by Crippen LogP contribution is 2.27. The maximum Gasteiger partial charge on any atom is 0.234 e. The van der Waals surface area contributed by atoms with E-state index in [1.807, 2.05) is 37.3 Å². The van der Waals surface area contributed by atoms with Crippen LogP contribution < -0.4 is 5.32 Å².